The van der Waals surface area contributed by atoms with Gasteiger partial charge in [-0.2, -0.15) is 5.26 Å². The van der Waals surface area contributed by atoms with Gasteiger partial charge in [-0.25, -0.2) is 0 Å². The largest absolute Gasteiger partial charge is 0.508 e. The summed E-state index contributed by atoms with van der Waals surface area (Å²) < 4.78 is 0. The van der Waals surface area contributed by atoms with Gasteiger partial charge >= 0.3 is 0 Å². The van der Waals surface area contributed by atoms with Crippen LogP contribution in [-0.4, -0.2) is 24.1 Å². The number of amides is 1. The van der Waals surface area contributed by atoms with Crippen molar-refractivity contribution in [3.63, 3.8) is 0 Å². The molecule has 6 heteroatoms. The summed E-state index contributed by atoms with van der Waals surface area (Å²) in [6.07, 6.45) is 1.39. The van der Waals surface area contributed by atoms with E-state index in [2.05, 4.69) is 29.4 Å². The average molecular weight is 364 g/mol. The Morgan fingerprint density at radius 3 is 2.41 bits per heavy atom. The van der Waals surface area contributed by atoms with Gasteiger partial charge < -0.3 is 20.6 Å². The maximum atomic E-state index is 12.3. The van der Waals surface area contributed by atoms with Gasteiger partial charge in [0.25, 0.3) is 5.91 Å². The number of phenolic OH excluding ortho intramolecular Hbond substituents is 1. The van der Waals surface area contributed by atoms with Crippen molar-refractivity contribution in [2.45, 2.75) is 20.8 Å². The zero-order valence-corrected chi connectivity index (χ0v) is 15.8. The molecule has 2 aromatic carbocycles. The third kappa shape index (κ3) is 5.25. The van der Waals surface area contributed by atoms with Crippen molar-refractivity contribution >= 4 is 23.0 Å². The van der Waals surface area contributed by atoms with Gasteiger partial charge in [0.15, 0.2) is 0 Å². The van der Waals surface area contributed by atoms with E-state index < -0.39 is 5.91 Å². The van der Waals surface area contributed by atoms with Crippen LogP contribution in [0.5, 0.6) is 5.75 Å². The number of nitriles is 1. The Morgan fingerprint density at radius 1 is 1.19 bits per heavy atom. The lowest BCUT2D eigenvalue weighted by atomic mass is 10.2. The summed E-state index contributed by atoms with van der Waals surface area (Å²) in [4.78, 5) is 14.5. The molecule has 0 spiro atoms. The fourth-order valence-electron chi connectivity index (χ4n) is 2.64. The molecule has 0 heterocycles. The van der Waals surface area contributed by atoms with E-state index in [0.717, 1.165) is 24.5 Å². The molecule has 0 aliphatic carbocycles. The lowest BCUT2D eigenvalue weighted by Gasteiger charge is -2.21. The molecule has 0 fully saturated rings. The molecule has 1 amide bonds. The number of hydrogen-bond acceptors (Lipinski definition) is 5. The quantitative estimate of drug-likeness (QED) is 0.392. The lowest BCUT2D eigenvalue weighted by Crippen LogP contribution is -2.21. The van der Waals surface area contributed by atoms with Crippen LogP contribution >= 0.6 is 0 Å². The SMILES string of the molecule is CCN(CC)c1ccc(N/C=C(/C#N)C(=O)Nc2ccc(O)cc2C)cc1. The number of aromatic hydroxyl groups is 1. The monoisotopic (exact) mass is 364 g/mol. The number of carbonyl (C=O) groups is 1. The van der Waals surface area contributed by atoms with Crippen LogP contribution in [0.1, 0.15) is 19.4 Å². The van der Waals surface area contributed by atoms with Crippen molar-refractivity contribution in [1.82, 2.24) is 0 Å². The first-order valence-corrected chi connectivity index (χ1v) is 8.81. The van der Waals surface area contributed by atoms with Gasteiger partial charge in [0.05, 0.1) is 0 Å². The molecule has 0 saturated heterocycles. The van der Waals surface area contributed by atoms with E-state index in [4.69, 9.17) is 0 Å². The number of phenols is 1. The molecule has 0 aliphatic heterocycles. The molecule has 2 rings (SSSR count). The van der Waals surface area contributed by atoms with Crippen LogP contribution < -0.4 is 15.5 Å². The number of carbonyl (C=O) groups excluding carboxylic acids is 1. The molecule has 0 aliphatic rings. The molecule has 6 nitrogen and oxygen atoms in total. The van der Waals surface area contributed by atoms with Crippen molar-refractivity contribution in [3.05, 3.63) is 59.8 Å². The highest BCUT2D eigenvalue weighted by Crippen LogP contribution is 2.21. The highest BCUT2D eigenvalue weighted by atomic mass is 16.3. The Bertz CT molecular complexity index is 863. The summed E-state index contributed by atoms with van der Waals surface area (Å²) in [6.45, 7) is 7.83. The maximum Gasteiger partial charge on any atom is 0.267 e. The van der Waals surface area contributed by atoms with E-state index >= 15 is 0 Å². The predicted molar refractivity (Wildman–Crippen MR) is 109 cm³/mol. The van der Waals surface area contributed by atoms with Crippen LogP contribution in [0.2, 0.25) is 0 Å². The Kier molecular flexibility index (Phi) is 6.84. The molecular weight excluding hydrogens is 340 g/mol. The molecule has 0 atom stereocenters. The fraction of sp³-hybridized carbons (Fsp3) is 0.238. The summed E-state index contributed by atoms with van der Waals surface area (Å²) in [7, 11) is 0. The Hall–Kier alpha value is -3.46. The van der Waals surface area contributed by atoms with E-state index in [9.17, 15) is 15.2 Å². The standard InChI is InChI=1S/C21H24N4O2/c1-4-25(5-2)18-8-6-17(7-9-18)23-14-16(13-22)21(27)24-20-11-10-19(26)12-15(20)3/h6-12,14,23,26H,4-5H2,1-3H3,(H,24,27)/b16-14-. The van der Waals surface area contributed by atoms with Crippen LogP contribution in [0.3, 0.4) is 0 Å². The van der Waals surface area contributed by atoms with Crippen LogP contribution in [0.4, 0.5) is 17.1 Å². The Balaban J connectivity index is 2.07. The minimum absolute atomic E-state index is 0.0460. The van der Waals surface area contributed by atoms with Crippen LogP contribution in [0.15, 0.2) is 54.2 Å². The van der Waals surface area contributed by atoms with Crippen molar-refractivity contribution in [2.75, 3.05) is 28.6 Å². The van der Waals surface area contributed by atoms with Crippen LogP contribution in [-0.2, 0) is 4.79 Å². The highest BCUT2D eigenvalue weighted by molar-refractivity contribution is 6.07. The first-order valence-electron chi connectivity index (χ1n) is 8.81. The molecule has 0 unspecified atom stereocenters. The molecule has 2 aromatic rings. The van der Waals surface area contributed by atoms with Gasteiger partial charge in [-0.3, -0.25) is 4.79 Å². The third-order valence-electron chi connectivity index (χ3n) is 4.20. The summed E-state index contributed by atoms with van der Waals surface area (Å²) >= 11 is 0. The minimum atomic E-state index is -0.515. The molecule has 0 saturated carbocycles. The summed E-state index contributed by atoms with van der Waals surface area (Å²) in [6, 6.07) is 14.3. The Labute approximate surface area is 159 Å². The second-order valence-electron chi connectivity index (χ2n) is 5.99. The summed E-state index contributed by atoms with van der Waals surface area (Å²) in [5, 5.41) is 24.4. The van der Waals surface area contributed by atoms with Gasteiger partial charge in [-0.15, -0.1) is 0 Å². The molecule has 0 bridgehead atoms. The second-order valence-corrected chi connectivity index (χ2v) is 5.99. The topological polar surface area (TPSA) is 88.4 Å². The first-order chi connectivity index (χ1) is 13.0. The summed E-state index contributed by atoms with van der Waals surface area (Å²) in [5.74, 6) is -0.394. The average Bonchev–Trinajstić information content (AvgIpc) is 2.66. The van der Waals surface area contributed by atoms with Crippen molar-refractivity contribution in [1.29, 1.82) is 5.26 Å². The second kappa shape index (κ2) is 9.30. The highest BCUT2D eigenvalue weighted by Gasteiger charge is 2.11. The van der Waals surface area contributed by atoms with E-state index in [0.29, 0.717) is 11.3 Å². The van der Waals surface area contributed by atoms with Gasteiger partial charge in [-0.1, -0.05) is 0 Å². The van der Waals surface area contributed by atoms with E-state index in [-0.39, 0.29) is 11.3 Å². The van der Waals surface area contributed by atoms with Crippen LogP contribution in [0.25, 0.3) is 0 Å². The predicted octanol–water partition coefficient (Wildman–Crippen LogP) is 4.00. The number of nitrogens with zero attached hydrogens (tertiary/aromatic N) is 2. The Morgan fingerprint density at radius 2 is 1.85 bits per heavy atom. The van der Waals surface area contributed by atoms with Gasteiger partial charge in [-0.05, 0) is 68.8 Å². The van der Waals surface area contributed by atoms with Gasteiger partial charge in [0, 0.05) is 36.4 Å². The molecule has 140 valence electrons. The summed E-state index contributed by atoms with van der Waals surface area (Å²) in [5.41, 5.74) is 3.11. The van der Waals surface area contributed by atoms with Crippen molar-refractivity contribution in [3.8, 4) is 11.8 Å². The number of anilines is 3. The number of benzene rings is 2. The zero-order chi connectivity index (χ0) is 19.8. The molecule has 0 aromatic heterocycles. The number of aryl methyl sites for hydroxylation is 1. The number of rotatable bonds is 7. The normalized spacial score (nSPS) is 10.8. The van der Waals surface area contributed by atoms with E-state index in [1.807, 2.05) is 30.3 Å². The smallest absolute Gasteiger partial charge is 0.267 e. The van der Waals surface area contributed by atoms with Gasteiger partial charge in [0.1, 0.15) is 17.4 Å². The van der Waals surface area contributed by atoms with E-state index in [1.54, 1.807) is 19.1 Å². The van der Waals surface area contributed by atoms with Crippen molar-refractivity contribution < 1.29 is 9.90 Å². The molecule has 27 heavy (non-hydrogen) atoms. The van der Waals surface area contributed by atoms with Gasteiger partial charge in [0.2, 0.25) is 0 Å². The van der Waals surface area contributed by atoms with Crippen molar-refractivity contribution in [2.24, 2.45) is 0 Å². The zero-order valence-electron chi connectivity index (χ0n) is 15.8. The minimum Gasteiger partial charge on any atom is -0.508 e. The van der Waals surface area contributed by atoms with E-state index in [1.165, 1.54) is 12.3 Å². The lowest BCUT2D eigenvalue weighted by molar-refractivity contribution is -0.112. The first kappa shape index (κ1) is 19.9. The number of nitrogens with one attached hydrogen (secondary N) is 2. The van der Waals surface area contributed by atoms with Crippen LogP contribution in [0, 0.1) is 18.3 Å². The molecule has 0 radical (unpaired) electrons. The third-order valence-corrected chi connectivity index (χ3v) is 4.20. The number of hydrogen-bond donors (Lipinski definition) is 3. The molecular formula is C21H24N4O2. The molecule has 3 N–H and O–H groups in total. The fourth-order valence-corrected chi connectivity index (χ4v) is 2.64. The maximum absolute atomic E-state index is 12.3.